The fraction of sp³-hybridized carbons (Fsp3) is 0.231. The quantitative estimate of drug-likeness (QED) is 0.906. The summed E-state index contributed by atoms with van der Waals surface area (Å²) in [6, 6.07) is 6.27. The van der Waals surface area contributed by atoms with Gasteiger partial charge in [-0.15, -0.1) is 11.3 Å². The molecule has 0 aliphatic heterocycles. The normalized spacial score (nSPS) is 10.5. The number of aryl methyl sites for hydroxylation is 2. The van der Waals surface area contributed by atoms with Gasteiger partial charge in [-0.3, -0.25) is 0 Å². The Balaban J connectivity index is 2.25. The molecule has 1 heterocycles. The monoisotopic (exact) mass is 247 g/mol. The second-order valence-corrected chi connectivity index (χ2v) is 4.98. The molecule has 0 aliphatic rings. The smallest absolute Gasteiger partial charge is 0.355 e. The van der Waals surface area contributed by atoms with Crippen LogP contribution >= 0.6 is 11.3 Å². The fourth-order valence-electron chi connectivity index (χ4n) is 1.64. The number of carbonyl (C=O) groups is 1. The average Bonchev–Trinajstić information content (AvgIpc) is 2.72. The number of hydrogen-bond acceptors (Lipinski definition) is 3. The van der Waals surface area contributed by atoms with Crippen LogP contribution in [0.15, 0.2) is 23.6 Å². The van der Waals surface area contributed by atoms with E-state index in [0.717, 1.165) is 5.01 Å². The summed E-state index contributed by atoms with van der Waals surface area (Å²) in [7, 11) is 0. The summed E-state index contributed by atoms with van der Waals surface area (Å²) in [6.07, 6.45) is 0.700. The number of carboxylic acid groups (broad SMARTS) is 1. The lowest BCUT2D eigenvalue weighted by Crippen LogP contribution is -1.97. The van der Waals surface area contributed by atoms with Gasteiger partial charge in [0, 0.05) is 11.8 Å². The summed E-state index contributed by atoms with van der Waals surface area (Å²) in [5, 5.41) is 11.2. The first-order valence-electron chi connectivity index (χ1n) is 5.30. The molecular formula is C13H13NO2S. The minimum atomic E-state index is -0.964. The number of aromatic nitrogens is 1. The van der Waals surface area contributed by atoms with Crippen LogP contribution in [0.3, 0.4) is 0 Å². The number of rotatable bonds is 3. The van der Waals surface area contributed by atoms with Crippen LogP contribution < -0.4 is 0 Å². The Morgan fingerprint density at radius 3 is 2.82 bits per heavy atom. The van der Waals surface area contributed by atoms with Crippen LogP contribution in [0.5, 0.6) is 0 Å². The molecular weight excluding hydrogens is 234 g/mol. The van der Waals surface area contributed by atoms with E-state index in [2.05, 4.69) is 30.1 Å². The van der Waals surface area contributed by atoms with Crippen LogP contribution in [0.1, 0.15) is 32.2 Å². The van der Waals surface area contributed by atoms with Crippen LogP contribution in [-0.4, -0.2) is 16.1 Å². The summed E-state index contributed by atoms with van der Waals surface area (Å²) in [6.45, 7) is 4.11. The van der Waals surface area contributed by atoms with Crippen molar-refractivity contribution in [1.82, 2.24) is 4.98 Å². The van der Waals surface area contributed by atoms with Gasteiger partial charge in [0.25, 0.3) is 0 Å². The number of aromatic carboxylic acids is 1. The zero-order valence-electron chi connectivity index (χ0n) is 9.73. The number of hydrogen-bond donors (Lipinski definition) is 1. The van der Waals surface area contributed by atoms with E-state index in [1.54, 1.807) is 5.38 Å². The molecule has 0 spiro atoms. The highest BCUT2D eigenvalue weighted by Gasteiger charge is 2.09. The van der Waals surface area contributed by atoms with Crippen molar-refractivity contribution in [3.05, 3.63) is 51.0 Å². The van der Waals surface area contributed by atoms with E-state index in [1.807, 2.05) is 6.92 Å². The summed E-state index contributed by atoms with van der Waals surface area (Å²) in [4.78, 5) is 14.8. The van der Waals surface area contributed by atoms with Crippen LogP contribution in [0.25, 0.3) is 0 Å². The van der Waals surface area contributed by atoms with E-state index >= 15 is 0 Å². The molecule has 0 fully saturated rings. The largest absolute Gasteiger partial charge is 0.476 e. The van der Waals surface area contributed by atoms with E-state index in [0.29, 0.717) is 6.42 Å². The molecule has 0 saturated carbocycles. The van der Waals surface area contributed by atoms with Crippen LogP contribution in [0.2, 0.25) is 0 Å². The Kier molecular flexibility index (Phi) is 3.24. The molecule has 0 amide bonds. The van der Waals surface area contributed by atoms with Gasteiger partial charge in [-0.1, -0.05) is 23.8 Å². The molecule has 17 heavy (non-hydrogen) atoms. The van der Waals surface area contributed by atoms with E-state index in [1.165, 1.54) is 28.0 Å². The third kappa shape index (κ3) is 2.71. The van der Waals surface area contributed by atoms with Crippen LogP contribution in [-0.2, 0) is 6.42 Å². The maximum Gasteiger partial charge on any atom is 0.355 e. The lowest BCUT2D eigenvalue weighted by atomic mass is 10.0. The Hall–Kier alpha value is -1.68. The third-order valence-corrected chi connectivity index (χ3v) is 3.47. The van der Waals surface area contributed by atoms with E-state index in [4.69, 9.17) is 5.11 Å². The zero-order chi connectivity index (χ0) is 12.4. The average molecular weight is 247 g/mol. The molecule has 88 valence electrons. The SMILES string of the molecule is Cc1ccc(C)c(Cc2nc(C(=O)O)cs2)c1. The second kappa shape index (κ2) is 4.67. The topological polar surface area (TPSA) is 50.2 Å². The molecule has 0 unspecified atom stereocenters. The molecule has 3 nitrogen and oxygen atoms in total. The Morgan fingerprint density at radius 2 is 2.18 bits per heavy atom. The molecule has 4 heteroatoms. The van der Waals surface area contributed by atoms with Crippen molar-refractivity contribution in [3.8, 4) is 0 Å². The Labute approximate surface area is 104 Å². The van der Waals surface area contributed by atoms with Crippen LogP contribution in [0, 0.1) is 13.8 Å². The molecule has 1 aromatic heterocycles. The number of nitrogens with zero attached hydrogens (tertiary/aromatic N) is 1. The minimum absolute atomic E-state index is 0.135. The third-order valence-electron chi connectivity index (χ3n) is 2.62. The first-order valence-corrected chi connectivity index (χ1v) is 6.18. The van der Waals surface area contributed by atoms with Gasteiger partial charge < -0.3 is 5.11 Å². The molecule has 0 aliphatic carbocycles. The molecule has 0 bridgehead atoms. The van der Waals surface area contributed by atoms with Gasteiger partial charge in [0.15, 0.2) is 5.69 Å². The molecule has 2 aromatic rings. The highest BCUT2D eigenvalue weighted by atomic mass is 32.1. The predicted molar refractivity (Wildman–Crippen MR) is 67.8 cm³/mol. The number of benzene rings is 1. The molecule has 1 aromatic carbocycles. The van der Waals surface area contributed by atoms with Crippen molar-refractivity contribution in [1.29, 1.82) is 0 Å². The summed E-state index contributed by atoms with van der Waals surface area (Å²) in [5.74, 6) is -0.964. The first-order chi connectivity index (χ1) is 8.06. The van der Waals surface area contributed by atoms with Gasteiger partial charge in [0.2, 0.25) is 0 Å². The second-order valence-electron chi connectivity index (χ2n) is 4.04. The van der Waals surface area contributed by atoms with Gasteiger partial charge in [-0.2, -0.15) is 0 Å². The maximum absolute atomic E-state index is 10.7. The van der Waals surface area contributed by atoms with Crippen molar-refractivity contribution in [2.24, 2.45) is 0 Å². The van der Waals surface area contributed by atoms with E-state index in [9.17, 15) is 4.79 Å². The van der Waals surface area contributed by atoms with Gasteiger partial charge >= 0.3 is 5.97 Å². The van der Waals surface area contributed by atoms with Crippen molar-refractivity contribution in [3.63, 3.8) is 0 Å². The van der Waals surface area contributed by atoms with E-state index in [-0.39, 0.29) is 5.69 Å². The highest BCUT2D eigenvalue weighted by molar-refractivity contribution is 7.09. The summed E-state index contributed by atoms with van der Waals surface area (Å²) in [5.41, 5.74) is 3.76. The first kappa shape index (κ1) is 11.8. The summed E-state index contributed by atoms with van der Waals surface area (Å²) >= 11 is 1.40. The molecule has 2 rings (SSSR count). The fourth-order valence-corrected chi connectivity index (χ4v) is 2.44. The van der Waals surface area contributed by atoms with Crippen molar-refractivity contribution in [2.45, 2.75) is 20.3 Å². The van der Waals surface area contributed by atoms with Gasteiger partial charge in [-0.05, 0) is 25.0 Å². The standard InChI is InChI=1S/C13H13NO2S/c1-8-3-4-9(2)10(5-8)6-12-14-11(7-17-12)13(15)16/h3-5,7H,6H2,1-2H3,(H,15,16). The lowest BCUT2D eigenvalue weighted by molar-refractivity contribution is 0.0691. The van der Waals surface area contributed by atoms with Crippen LogP contribution in [0.4, 0.5) is 0 Å². The van der Waals surface area contributed by atoms with Crippen molar-refractivity contribution < 1.29 is 9.90 Å². The van der Waals surface area contributed by atoms with Crippen molar-refractivity contribution in [2.75, 3.05) is 0 Å². The van der Waals surface area contributed by atoms with Crippen molar-refractivity contribution >= 4 is 17.3 Å². The maximum atomic E-state index is 10.7. The van der Waals surface area contributed by atoms with Gasteiger partial charge in [0.05, 0.1) is 5.01 Å². The van der Waals surface area contributed by atoms with Gasteiger partial charge in [-0.25, -0.2) is 9.78 Å². The number of carboxylic acids is 1. The Bertz CT molecular complexity index is 560. The molecule has 1 N–H and O–H groups in total. The predicted octanol–water partition coefficient (Wildman–Crippen LogP) is 3.05. The van der Waals surface area contributed by atoms with E-state index < -0.39 is 5.97 Å². The molecule has 0 radical (unpaired) electrons. The van der Waals surface area contributed by atoms with Gasteiger partial charge in [0.1, 0.15) is 0 Å². The lowest BCUT2D eigenvalue weighted by Gasteiger charge is -2.04. The molecule has 0 atom stereocenters. The molecule has 0 saturated heterocycles. The Morgan fingerprint density at radius 1 is 1.41 bits per heavy atom. The number of thiazole rings is 1. The minimum Gasteiger partial charge on any atom is -0.476 e. The summed E-state index contributed by atoms with van der Waals surface area (Å²) < 4.78 is 0. The highest BCUT2D eigenvalue weighted by Crippen LogP contribution is 2.18. The zero-order valence-corrected chi connectivity index (χ0v) is 10.5.